The van der Waals surface area contributed by atoms with Crippen molar-refractivity contribution in [2.75, 3.05) is 19.7 Å². The molecule has 1 fully saturated rings. The highest BCUT2D eigenvalue weighted by molar-refractivity contribution is 7.80. The van der Waals surface area contributed by atoms with Crippen molar-refractivity contribution in [1.29, 1.82) is 0 Å². The summed E-state index contributed by atoms with van der Waals surface area (Å²) in [6.07, 6.45) is 3.72. The van der Waals surface area contributed by atoms with E-state index in [9.17, 15) is 0 Å². The monoisotopic (exact) mass is 230 g/mol. The average Bonchev–Trinajstić information content (AvgIpc) is 2.69. The number of nitrogens with zero attached hydrogens (tertiary/aromatic N) is 1. The zero-order chi connectivity index (χ0) is 11.3. The van der Waals surface area contributed by atoms with Gasteiger partial charge >= 0.3 is 0 Å². The molecule has 2 N–H and O–H groups in total. The van der Waals surface area contributed by atoms with Crippen LogP contribution in [0.1, 0.15) is 33.1 Å². The molecule has 2 unspecified atom stereocenters. The van der Waals surface area contributed by atoms with Gasteiger partial charge in [-0.2, -0.15) is 0 Å². The van der Waals surface area contributed by atoms with Crippen LogP contribution in [0.15, 0.2) is 0 Å². The van der Waals surface area contributed by atoms with E-state index in [-0.39, 0.29) is 6.04 Å². The highest BCUT2D eigenvalue weighted by atomic mass is 32.1. The third-order valence-corrected chi connectivity index (χ3v) is 3.30. The Bertz CT molecular complexity index is 205. The van der Waals surface area contributed by atoms with Gasteiger partial charge in [0.25, 0.3) is 0 Å². The molecule has 0 amide bonds. The molecule has 1 saturated heterocycles. The predicted molar refractivity (Wildman–Crippen MR) is 67.1 cm³/mol. The smallest absolute Gasteiger partial charge is 0.0901 e. The molecule has 1 aliphatic heterocycles. The van der Waals surface area contributed by atoms with E-state index < -0.39 is 0 Å². The van der Waals surface area contributed by atoms with Crippen LogP contribution in [0.4, 0.5) is 0 Å². The van der Waals surface area contributed by atoms with Crippen molar-refractivity contribution < 1.29 is 4.74 Å². The summed E-state index contributed by atoms with van der Waals surface area (Å²) >= 11 is 5.09. The van der Waals surface area contributed by atoms with Gasteiger partial charge in [-0.3, -0.25) is 4.90 Å². The van der Waals surface area contributed by atoms with Crippen LogP contribution < -0.4 is 5.73 Å². The molecule has 0 aliphatic carbocycles. The van der Waals surface area contributed by atoms with E-state index in [4.69, 9.17) is 22.7 Å². The molecule has 1 heterocycles. The van der Waals surface area contributed by atoms with Gasteiger partial charge in [-0.1, -0.05) is 26.1 Å². The molecule has 1 aliphatic rings. The largest absolute Gasteiger partial charge is 0.392 e. The lowest BCUT2D eigenvalue weighted by atomic mass is 10.1. The Morgan fingerprint density at radius 1 is 1.60 bits per heavy atom. The Labute approximate surface area is 98.0 Å². The summed E-state index contributed by atoms with van der Waals surface area (Å²) in [6.45, 7) is 7.13. The molecule has 0 aromatic carbocycles. The number of hydrogen-bond acceptors (Lipinski definition) is 3. The molecule has 2 atom stereocenters. The van der Waals surface area contributed by atoms with Crippen LogP contribution >= 0.6 is 12.2 Å². The zero-order valence-corrected chi connectivity index (χ0v) is 10.6. The van der Waals surface area contributed by atoms with Crippen molar-refractivity contribution in [3.05, 3.63) is 0 Å². The number of thiocarbonyl (C=S) groups is 1. The quantitative estimate of drug-likeness (QED) is 0.703. The van der Waals surface area contributed by atoms with Crippen LogP contribution in [0.2, 0.25) is 0 Å². The van der Waals surface area contributed by atoms with Crippen LogP contribution in [-0.4, -0.2) is 41.7 Å². The molecular formula is C11H22N2OS. The van der Waals surface area contributed by atoms with E-state index >= 15 is 0 Å². The van der Waals surface area contributed by atoms with Crippen LogP contribution in [0, 0.1) is 0 Å². The molecule has 0 spiro atoms. The molecular weight excluding hydrogens is 208 g/mol. The minimum atomic E-state index is 0.231. The Balaban J connectivity index is 2.48. The summed E-state index contributed by atoms with van der Waals surface area (Å²) in [5, 5.41) is 0. The summed E-state index contributed by atoms with van der Waals surface area (Å²) in [4.78, 5) is 2.94. The molecule has 0 radical (unpaired) electrons. The normalized spacial score (nSPS) is 23.3. The van der Waals surface area contributed by atoms with E-state index in [2.05, 4.69) is 18.7 Å². The highest BCUT2D eigenvalue weighted by Gasteiger charge is 2.23. The lowest BCUT2D eigenvalue weighted by Crippen LogP contribution is -2.46. The summed E-state index contributed by atoms with van der Waals surface area (Å²) < 4.78 is 5.63. The Hall–Kier alpha value is -0.190. The first kappa shape index (κ1) is 12.9. The van der Waals surface area contributed by atoms with Gasteiger partial charge in [0.1, 0.15) is 0 Å². The van der Waals surface area contributed by atoms with E-state index in [1.165, 1.54) is 12.8 Å². The maximum atomic E-state index is 5.75. The fourth-order valence-corrected chi connectivity index (χ4v) is 2.48. The molecule has 4 heteroatoms. The number of ether oxygens (including phenoxy) is 1. The van der Waals surface area contributed by atoms with Gasteiger partial charge < -0.3 is 10.5 Å². The van der Waals surface area contributed by atoms with E-state index in [1.54, 1.807) is 0 Å². The first-order valence-corrected chi connectivity index (χ1v) is 6.24. The summed E-state index contributed by atoms with van der Waals surface area (Å²) in [6, 6.07) is 0.231. The second-order valence-electron chi connectivity index (χ2n) is 4.05. The minimum absolute atomic E-state index is 0.231. The Kier molecular flexibility index (Phi) is 5.50. The predicted octanol–water partition coefficient (Wildman–Crippen LogP) is 1.55. The van der Waals surface area contributed by atoms with Gasteiger partial charge in [0.05, 0.1) is 17.1 Å². The van der Waals surface area contributed by atoms with Gasteiger partial charge in [-0.15, -0.1) is 0 Å². The lowest BCUT2D eigenvalue weighted by molar-refractivity contribution is 0.0683. The van der Waals surface area contributed by atoms with Crippen molar-refractivity contribution in [3.8, 4) is 0 Å². The topological polar surface area (TPSA) is 38.5 Å². The van der Waals surface area contributed by atoms with Crippen LogP contribution in [0.3, 0.4) is 0 Å². The summed E-state index contributed by atoms with van der Waals surface area (Å²) in [5.41, 5.74) is 5.75. The van der Waals surface area contributed by atoms with Crippen molar-refractivity contribution in [3.63, 3.8) is 0 Å². The van der Waals surface area contributed by atoms with Gasteiger partial charge in [-0.25, -0.2) is 0 Å². The van der Waals surface area contributed by atoms with Gasteiger partial charge in [0.15, 0.2) is 0 Å². The molecule has 15 heavy (non-hydrogen) atoms. The highest BCUT2D eigenvalue weighted by Crippen LogP contribution is 2.15. The van der Waals surface area contributed by atoms with Gasteiger partial charge in [0.2, 0.25) is 0 Å². The minimum Gasteiger partial charge on any atom is -0.392 e. The van der Waals surface area contributed by atoms with Crippen molar-refractivity contribution in [2.24, 2.45) is 5.73 Å². The molecule has 88 valence electrons. The van der Waals surface area contributed by atoms with E-state index in [0.29, 0.717) is 11.1 Å². The standard InChI is InChI=1S/C11H22N2OS/c1-3-10(11(12)15)13(4-2)8-9-6-5-7-14-9/h9-10H,3-8H2,1-2H3,(H2,12,15). The molecule has 0 aromatic rings. The fourth-order valence-electron chi connectivity index (χ4n) is 2.17. The molecule has 0 saturated carbocycles. The molecule has 3 nitrogen and oxygen atoms in total. The second kappa shape index (κ2) is 6.40. The average molecular weight is 230 g/mol. The fraction of sp³-hybridized carbons (Fsp3) is 0.909. The van der Waals surface area contributed by atoms with Crippen LogP contribution in [0.25, 0.3) is 0 Å². The lowest BCUT2D eigenvalue weighted by Gasteiger charge is -2.30. The number of rotatable bonds is 6. The van der Waals surface area contributed by atoms with E-state index in [1.807, 2.05) is 0 Å². The SMILES string of the molecule is CCC(C(N)=S)N(CC)CC1CCCO1. The third-order valence-electron chi connectivity index (χ3n) is 3.02. The van der Waals surface area contributed by atoms with Crippen LogP contribution in [0.5, 0.6) is 0 Å². The third kappa shape index (κ3) is 3.70. The maximum absolute atomic E-state index is 5.75. The summed E-state index contributed by atoms with van der Waals surface area (Å²) in [5.74, 6) is 0. The van der Waals surface area contributed by atoms with Crippen molar-refractivity contribution in [2.45, 2.75) is 45.3 Å². The van der Waals surface area contributed by atoms with E-state index in [0.717, 1.165) is 26.1 Å². The van der Waals surface area contributed by atoms with Crippen LogP contribution in [-0.2, 0) is 4.74 Å². The van der Waals surface area contributed by atoms with Crippen molar-refractivity contribution >= 4 is 17.2 Å². The Morgan fingerprint density at radius 3 is 2.73 bits per heavy atom. The molecule has 0 aromatic heterocycles. The second-order valence-corrected chi connectivity index (χ2v) is 4.52. The number of likely N-dealkylation sites (N-methyl/N-ethyl adjacent to an activating group) is 1. The first-order valence-electron chi connectivity index (χ1n) is 5.84. The number of nitrogens with two attached hydrogens (primary N) is 1. The van der Waals surface area contributed by atoms with Gasteiger partial charge in [0, 0.05) is 13.2 Å². The zero-order valence-electron chi connectivity index (χ0n) is 9.74. The van der Waals surface area contributed by atoms with Gasteiger partial charge in [-0.05, 0) is 25.8 Å². The molecule has 1 rings (SSSR count). The maximum Gasteiger partial charge on any atom is 0.0901 e. The van der Waals surface area contributed by atoms with Crippen molar-refractivity contribution in [1.82, 2.24) is 4.90 Å². The Morgan fingerprint density at radius 2 is 2.33 bits per heavy atom. The summed E-state index contributed by atoms with van der Waals surface area (Å²) in [7, 11) is 0. The first-order chi connectivity index (χ1) is 7.19. The number of hydrogen-bond donors (Lipinski definition) is 1. The molecule has 0 bridgehead atoms.